The number of aromatic nitrogens is 2. The first-order chi connectivity index (χ1) is 11.6. The van der Waals surface area contributed by atoms with E-state index in [2.05, 4.69) is 15.6 Å². The first-order valence-electron chi connectivity index (χ1n) is 8.68. The Balaban J connectivity index is 1.34. The van der Waals surface area contributed by atoms with E-state index in [-0.39, 0.29) is 23.1 Å². The molecule has 1 aliphatic carbocycles. The lowest BCUT2D eigenvalue weighted by Crippen LogP contribution is -2.34. The molecule has 1 aromatic carbocycles. The van der Waals surface area contributed by atoms with E-state index in [1.165, 1.54) is 12.1 Å². The average Bonchev–Trinajstić information content (AvgIpc) is 3.17. The molecular weight excluding hydrogens is 307 g/mol. The summed E-state index contributed by atoms with van der Waals surface area (Å²) in [6.45, 7) is 2.63. The topological polar surface area (TPSA) is 59.0 Å². The number of aryl methyl sites for hydroxylation is 1. The number of benzene rings is 1. The van der Waals surface area contributed by atoms with Crippen molar-refractivity contribution in [3.63, 3.8) is 0 Å². The van der Waals surface area contributed by atoms with Crippen LogP contribution in [-0.2, 0) is 18.3 Å². The lowest BCUT2D eigenvalue weighted by Gasteiger charge is -2.23. The molecule has 2 aromatic rings. The van der Waals surface area contributed by atoms with Crippen LogP contribution in [0.25, 0.3) is 11.0 Å². The fourth-order valence-electron chi connectivity index (χ4n) is 4.06. The van der Waals surface area contributed by atoms with Crippen LogP contribution in [-0.4, -0.2) is 35.1 Å². The predicted octanol–water partition coefficient (Wildman–Crippen LogP) is 1.76. The van der Waals surface area contributed by atoms with E-state index in [9.17, 15) is 9.18 Å². The number of carbonyl (C=O) groups excluding carboxylic acids is 1. The second kappa shape index (κ2) is 5.84. The molecule has 4 rings (SSSR count). The molecule has 6 heteroatoms. The summed E-state index contributed by atoms with van der Waals surface area (Å²) in [6, 6.07) is 4.63. The summed E-state index contributed by atoms with van der Waals surface area (Å²) in [7, 11) is 1.93. The average molecular weight is 330 g/mol. The van der Waals surface area contributed by atoms with E-state index < -0.39 is 0 Å². The minimum absolute atomic E-state index is 0.182. The summed E-state index contributed by atoms with van der Waals surface area (Å²) in [5, 5.41) is 6.42. The number of fused-ring (bicyclic) bond motifs is 1. The van der Waals surface area contributed by atoms with Gasteiger partial charge < -0.3 is 15.2 Å². The molecule has 1 spiro atoms. The van der Waals surface area contributed by atoms with Gasteiger partial charge in [0.05, 0.1) is 11.0 Å². The van der Waals surface area contributed by atoms with Gasteiger partial charge in [-0.05, 0) is 49.9 Å². The van der Waals surface area contributed by atoms with Gasteiger partial charge in [0.1, 0.15) is 11.6 Å². The maximum Gasteiger partial charge on any atom is 0.223 e. The van der Waals surface area contributed by atoms with Crippen molar-refractivity contribution in [3.8, 4) is 0 Å². The third kappa shape index (κ3) is 2.69. The van der Waals surface area contributed by atoms with Crippen LogP contribution >= 0.6 is 0 Å². The molecule has 2 N–H and O–H groups in total. The number of amides is 1. The first-order valence-corrected chi connectivity index (χ1v) is 8.68. The summed E-state index contributed by atoms with van der Waals surface area (Å²) in [5.74, 6) is 0.959. The van der Waals surface area contributed by atoms with E-state index in [1.807, 2.05) is 11.6 Å². The molecule has 0 radical (unpaired) electrons. The number of piperidine rings is 1. The van der Waals surface area contributed by atoms with Gasteiger partial charge in [0, 0.05) is 32.0 Å². The number of carbonyl (C=O) groups is 1. The lowest BCUT2D eigenvalue weighted by molar-refractivity contribution is -0.123. The molecule has 1 unspecified atom stereocenters. The van der Waals surface area contributed by atoms with Crippen LogP contribution in [0.3, 0.4) is 0 Å². The van der Waals surface area contributed by atoms with E-state index in [1.54, 1.807) is 6.07 Å². The molecule has 2 aliphatic rings. The number of nitrogens with zero attached hydrogens (tertiary/aromatic N) is 2. The second-order valence-corrected chi connectivity index (χ2v) is 7.13. The molecule has 2 heterocycles. The van der Waals surface area contributed by atoms with Gasteiger partial charge in [-0.2, -0.15) is 0 Å². The molecule has 1 aliphatic heterocycles. The smallest absolute Gasteiger partial charge is 0.223 e. The van der Waals surface area contributed by atoms with Gasteiger partial charge in [-0.1, -0.05) is 0 Å². The van der Waals surface area contributed by atoms with Crippen LogP contribution in [0.1, 0.15) is 25.1 Å². The highest BCUT2D eigenvalue weighted by Gasteiger charge is 2.57. The van der Waals surface area contributed by atoms with Crippen molar-refractivity contribution >= 4 is 16.9 Å². The molecular formula is C18H23FN4O. The molecule has 1 atom stereocenters. The summed E-state index contributed by atoms with van der Waals surface area (Å²) in [5.41, 5.74) is 1.84. The van der Waals surface area contributed by atoms with Crippen molar-refractivity contribution in [2.75, 3.05) is 19.6 Å². The SMILES string of the molecule is Cn1c(CCNC(=O)C2CC23CCNCC3)nc2cc(F)ccc21. The normalized spacial score (nSPS) is 22.0. The Bertz CT molecular complexity index is 779. The van der Waals surface area contributed by atoms with E-state index >= 15 is 0 Å². The van der Waals surface area contributed by atoms with Crippen molar-refractivity contribution in [3.05, 3.63) is 29.8 Å². The Kier molecular flexibility index (Phi) is 3.79. The monoisotopic (exact) mass is 330 g/mol. The minimum atomic E-state index is -0.276. The van der Waals surface area contributed by atoms with E-state index in [0.717, 1.165) is 43.7 Å². The Morgan fingerprint density at radius 2 is 2.25 bits per heavy atom. The highest BCUT2D eigenvalue weighted by atomic mass is 19.1. The van der Waals surface area contributed by atoms with Crippen LogP contribution < -0.4 is 10.6 Å². The zero-order valence-electron chi connectivity index (χ0n) is 13.9. The van der Waals surface area contributed by atoms with Crippen molar-refractivity contribution in [2.45, 2.75) is 25.7 Å². The van der Waals surface area contributed by atoms with Crippen LogP contribution in [0.4, 0.5) is 4.39 Å². The lowest BCUT2D eigenvalue weighted by atomic mass is 9.92. The Morgan fingerprint density at radius 1 is 1.46 bits per heavy atom. The first kappa shape index (κ1) is 15.6. The van der Waals surface area contributed by atoms with Crippen LogP contribution in [0.15, 0.2) is 18.2 Å². The Labute approximate surface area is 140 Å². The van der Waals surface area contributed by atoms with Gasteiger partial charge in [0.2, 0.25) is 5.91 Å². The van der Waals surface area contributed by atoms with Crippen molar-refractivity contribution in [1.29, 1.82) is 0 Å². The molecule has 1 saturated carbocycles. The molecule has 5 nitrogen and oxygen atoms in total. The molecule has 1 amide bonds. The number of hydrogen-bond donors (Lipinski definition) is 2. The van der Waals surface area contributed by atoms with Crippen LogP contribution in [0.5, 0.6) is 0 Å². The highest BCUT2D eigenvalue weighted by molar-refractivity contribution is 5.82. The Morgan fingerprint density at radius 3 is 3.04 bits per heavy atom. The minimum Gasteiger partial charge on any atom is -0.355 e. The van der Waals surface area contributed by atoms with Crippen molar-refractivity contribution < 1.29 is 9.18 Å². The van der Waals surface area contributed by atoms with Crippen LogP contribution in [0, 0.1) is 17.2 Å². The maximum atomic E-state index is 13.3. The van der Waals surface area contributed by atoms with Crippen molar-refractivity contribution in [1.82, 2.24) is 20.2 Å². The maximum absolute atomic E-state index is 13.3. The van der Waals surface area contributed by atoms with Gasteiger partial charge in [-0.25, -0.2) is 9.37 Å². The van der Waals surface area contributed by atoms with Gasteiger partial charge in [0.15, 0.2) is 0 Å². The second-order valence-electron chi connectivity index (χ2n) is 7.13. The third-order valence-corrected chi connectivity index (χ3v) is 5.69. The fourth-order valence-corrected chi connectivity index (χ4v) is 4.06. The zero-order chi connectivity index (χ0) is 16.7. The molecule has 128 valence electrons. The number of hydrogen-bond acceptors (Lipinski definition) is 3. The van der Waals surface area contributed by atoms with Gasteiger partial charge in [0.25, 0.3) is 0 Å². The fraction of sp³-hybridized carbons (Fsp3) is 0.556. The number of nitrogens with one attached hydrogen (secondary N) is 2. The number of imidazole rings is 1. The molecule has 2 fully saturated rings. The summed E-state index contributed by atoms with van der Waals surface area (Å²) >= 11 is 0. The molecule has 0 bridgehead atoms. The molecule has 1 saturated heterocycles. The zero-order valence-corrected chi connectivity index (χ0v) is 13.9. The van der Waals surface area contributed by atoms with Gasteiger partial charge in [-0.15, -0.1) is 0 Å². The Hall–Kier alpha value is -1.95. The summed E-state index contributed by atoms with van der Waals surface area (Å²) < 4.78 is 15.3. The van der Waals surface area contributed by atoms with E-state index in [0.29, 0.717) is 18.5 Å². The molecule has 1 aromatic heterocycles. The summed E-state index contributed by atoms with van der Waals surface area (Å²) in [6.07, 6.45) is 3.91. The van der Waals surface area contributed by atoms with Crippen molar-refractivity contribution in [2.24, 2.45) is 18.4 Å². The quantitative estimate of drug-likeness (QED) is 0.898. The standard InChI is InChI=1S/C18H23FN4O/c1-23-15-3-2-12(19)10-14(15)22-16(23)4-7-21-17(24)13-11-18(13)5-8-20-9-6-18/h2-3,10,13,20H,4-9,11H2,1H3,(H,21,24). The third-order valence-electron chi connectivity index (χ3n) is 5.69. The molecule has 24 heavy (non-hydrogen) atoms. The summed E-state index contributed by atoms with van der Waals surface area (Å²) in [4.78, 5) is 16.8. The van der Waals surface area contributed by atoms with Gasteiger partial charge in [-0.3, -0.25) is 4.79 Å². The van der Waals surface area contributed by atoms with Gasteiger partial charge >= 0.3 is 0 Å². The number of halogens is 1. The largest absolute Gasteiger partial charge is 0.355 e. The predicted molar refractivity (Wildman–Crippen MR) is 90.0 cm³/mol. The number of rotatable bonds is 4. The van der Waals surface area contributed by atoms with E-state index in [4.69, 9.17) is 0 Å². The highest BCUT2D eigenvalue weighted by Crippen LogP contribution is 2.58. The van der Waals surface area contributed by atoms with Crippen LogP contribution in [0.2, 0.25) is 0 Å².